The summed E-state index contributed by atoms with van der Waals surface area (Å²) in [6.45, 7) is 3.97. The van der Waals surface area contributed by atoms with Gasteiger partial charge in [0.1, 0.15) is 46.0 Å². The number of rotatable bonds is 14. The van der Waals surface area contributed by atoms with Crippen molar-refractivity contribution in [3.05, 3.63) is 384 Å². The van der Waals surface area contributed by atoms with Gasteiger partial charge in [0, 0.05) is 61.0 Å². The Labute approximate surface area is 689 Å². The van der Waals surface area contributed by atoms with Crippen molar-refractivity contribution in [1.82, 2.24) is 0 Å². The molecule has 21 rings (SSSR count). The van der Waals surface area contributed by atoms with E-state index in [1.54, 1.807) is 48.5 Å². The fraction of sp³-hybridized carbons (Fsp3) is 0.0909. The van der Waals surface area contributed by atoms with E-state index in [4.69, 9.17) is 27.1 Å². The standard InChI is InChI=1S/C67H52O10P4.C32H24O4P2/c1-67(2,47-35-43(39-78(70)61-31-15-7-23-53(61)49-19-3-11-27-57(49)74-78)65(68)44(36-47)40-79(71)62-32-16-8-24-54(62)50-20-4-12-28-58(50)75-79)48-37-45(41-80(72)63-33-17-9-25-55(63)51-21-5-13-29-59(51)76-80)66(69)46(38-48)42-81(73)64-34-18-10-26-56(64)52-22-6-14-30-60(52)77-81;33-37(31-18-7-3-14-27(31)25-12-1-5-16-29(25)35-37)21-23-10-9-11-24(20-23)22-38(34)32-19-8-4-15-28(32)26-13-2-6-17-30(26)36-38/h3-38,68-69H,39-42H2,1-2H3;1-20H,21-22H2. The van der Waals surface area contributed by atoms with Crippen LogP contribution in [0.1, 0.15) is 58.4 Å². The van der Waals surface area contributed by atoms with Crippen LogP contribution in [0.3, 0.4) is 0 Å². The average Bonchev–Trinajstić information content (AvgIpc) is 0.733. The summed E-state index contributed by atoms with van der Waals surface area (Å²) in [5, 5.41) is 29.1. The second-order valence-corrected chi connectivity index (χ2v) is 45.3. The van der Waals surface area contributed by atoms with Crippen LogP contribution in [-0.2, 0) is 69.8 Å². The van der Waals surface area contributed by atoms with Crippen molar-refractivity contribution >= 4 is 76.0 Å². The number of phenolic OH excluding ortho intramolecular Hbond substituents is 2. The molecule has 0 saturated heterocycles. The van der Waals surface area contributed by atoms with E-state index >= 15 is 18.3 Å². The monoisotopic (exact) mass is 1670 g/mol. The summed E-state index contributed by atoms with van der Waals surface area (Å²) in [6, 6.07) is 106. The van der Waals surface area contributed by atoms with Crippen LogP contribution in [0.5, 0.6) is 46.0 Å². The fourth-order valence-corrected chi connectivity index (χ4v) is 31.9. The Bertz CT molecular complexity index is 6370. The van der Waals surface area contributed by atoms with Crippen molar-refractivity contribution in [3.8, 4) is 113 Å². The van der Waals surface area contributed by atoms with Gasteiger partial charge in [0.25, 0.3) is 44.2 Å². The number of para-hydroxylation sites is 6. The molecule has 2 N–H and O–H groups in total. The maximum Gasteiger partial charge on any atom is 0.282 e. The van der Waals surface area contributed by atoms with Crippen LogP contribution in [0.25, 0.3) is 66.8 Å². The van der Waals surface area contributed by atoms with Gasteiger partial charge in [-0.3, -0.25) is 27.4 Å². The lowest BCUT2D eigenvalue weighted by molar-refractivity contribution is 0.454. The zero-order valence-corrected chi connectivity index (χ0v) is 69.9. The molecule has 6 aliphatic heterocycles. The van der Waals surface area contributed by atoms with Crippen molar-refractivity contribution in [2.75, 3.05) is 0 Å². The summed E-state index contributed by atoms with van der Waals surface area (Å²) in [5.74, 6) is 2.68. The van der Waals surface area contributed by atoms with E-state index < -0.39 is 49.6 Å². The van der Waals surface area contributed by atoms with Crippen molar-refractivity contribution < 1.29 is 64.7 Å². The predicted octanol–water partition coefficient (Wildman–Crippen LogP) is 24.1. The summed E-state index contributed by atoms with van der Waals surface area (Å²) in [5.41, 5.74) is 13.1. The maximum absolute atomic E-state index is 15.8. The number of phenols is 2. The Balaban J connectivity index is 0.000000198. The fourth-order valence-electron chi connectivity index (χ4n) is 17.7. The highest BCUT2D eigenvalue weighted by Gasteiger charge is 2.46. The van der Waals surface area contributed by atoms with Crippen LogP contribution in [0.4, 0.5) is 0 Å². The molecule has 6 heterocycles. The van der Waals surface area contributed by atoms with Crippen molar-refractivity contribution in [2.45, 2.75) is 56.2 Å². The van der Waals surface area contributed by atoms with E-state index in [1.807, 2.05) is 305 Å². The predicted molar refractivity (Wildman–Crippen MR) is 475 cm³/mol. The van der Waals surface area contributed by atoms with E-state index in [9.17, 15) is 19.3 Å². The number of benzene rings is 15. The molecule has 6 unspecified atom stereocenters. The minimum Gasteiger partial charge on any atom is -0.507 e. The molecule has 0 radical (unpaired) electrons. The number of fused-ring (bicyclic) bond motifs is 18. The van der Waals surface area contributed by atoms with Crippen LogP contribution in [0.15, 0.2) is 340 Å². The molecule has 586 valence electrons. The lowest BCUT2D eigenvalue weighted by Crippen LogP contribution is -2.23. The number of hydrogen-bond acceptors (Lipinski definition) is 14. The van der Waals surface area contributed by atoms with Gasteiger partial charge in [-0.25, -0.2) is 0 Å². The number of hydrogen-bond donors (Lipinski definition) is 2. The molecule has 0 spiro atoms. The van der Waals surface area contributed by atoms with E-state index in [-0.39, 0.29) is 70.7 Å². The molecule has 6 aliphatic rings. The summed E-state index contributed by atoms with van der Waals surface area (Å²) < 4.78 is 131. The van der Waals surface area contributed by atoms with Gasteiger partial charge in [0.15, 0.2) is 0 Å². The zero-order valence-electron chi connectivity index (χ0n) is 64.6. The first kappa shape index (κ1) is 75.8. The van der Waals surface area contributed by atoms with Crippen molar-refractivity contribution in [1.29, 1.82) is 0 Å². The zero-order chi connectivity index (χ0) is 81.2. The lowest BCUT2D eigenvalue weighted by atomic mass is 9.76. The molecule has 0 amide bonds. The summed E-state index contributed by atoms with van der Waals surface area (Å²) in [6.07, 6.45) is -0.449. The number of aromatic hydroxyl groups is 2. The first-order chi connectivity index (χ1) is 57.6. The second-order valence-electron chi connectivity index (χ2n) is 31.3. The molecule has 0 bridgehead atoms. The molecule has 0 saturated carbocycles. The average molecular weight is 1680 g/mol. The third-order valence-corrected chi connectivity index (χ3v) is 37.7. The van der Waals surface area contributed by atoms with E-state index in [0.29, 0.717) is 66.8 Å². The largest absolute Gasteiger partial charge is 0.507 e. The smallest absolute Gasteiger partial charge is 0.282 e. The molecule has 6 atom stereocenters. The van der Waals surface area contributed by atoms with Gasteiger partial charge >= 0.3 is 0 Å². The van der Waals surface area contributed by atoms with Gasteiger partial charge in [0.05, 0.1) is 68.8 Å². The van der Waals surface area contributed by atoms with Gasteiger partial charge in [-0.15, -0.1) is 0 Å². The summed E-state index contributed by atoms with van der Waals surface area (Å²) in [7, 11) is -21.9. The minimum atomic E-state index is -3.87. The highest BCUT2D eigenvalue weighted by atomic mass is 31.2. The van der Waals surface area contributed by atoms with Gasteiger partial charge in [-0.05, 0) is 128 Å². The maximum atomic E-state index is 15.8. The molecule has 15 aromatic rings. The Morgan fingerprint density at radius 1 is 0.218 bits per heavy atom. The third kappa shape index (κ3) is 13.3. The SMILES string of the molecule is CC(C)(c1cc(CP2(=O)Oc3ccccc3-c3ccccc32)c(O)c(CP2(=O)Oc3ccccc3-c3ccccc32)c1)c1cc(CP2(=O)Oc3ccccc3-c3ccccc32)c(O)c(CP2(=O)Oc3ccccc3-c3ccccc32)c1.O=P1(Cc2cccc(CP3(=O)Oc4ccccc4-c4ccccc43)c2)Oc2ccccc2-c2ccccc21. The Hall–Kier alpha value is -11.9. The van der Waals surface area contributed by atoms with Crippen molar-refractivity contribution in [3.63, 3.8) is 0 Å². The Morgan fingerprint density at radius 3 is 0.605 bits per heavy atom. The normalized spacial score (nSPS) is 20.6. The van der Waals surface area contributed by atoms with Crippen LogP contribution in [-0.4, -0.2) is 10.2 Å². The minimum absolute atomic E-state index is 0.204. The van der Waals surface area contributed by atoms with Gasteiger partial charge in [-0.2, -0.15) is 0 Å². The molecule has 0 aromatic heterocycles. The topological polar surface area (TPSA) is 198 Å². The van der Waals surface area contributed by atoms with Gasteiger partial charge < -0.3 is 37.4 Å². The van der Waals surface area contributed by atoms with E-state index in [0.717, 1.165) is 88.5 Å². The molecule has 0 aliphatic carbocycles. The summed E-state index contributed by atoms with van der Waals surface area (Å²) >= 11 is 0. The van der Waals surface area contributed by atoms with Crippen molar-refractivity contribution in [2.24, 2.45) is 0 Å². The summed E-state index contributed by atoms with van der Waals surface area (Å²) in [4.78, 5) is 0. The third-order valence-electron chi connectivity index (χ3n) is 23.4. The molecule has 0 fully saturated rings. The highest BCUT2D eigenvalue weighted by molar-refractivity contribution is 7.69. The highest BCUT2D eigenvalue weighted by Crippen LogP contribution is 2.65. The Morgan fingerprint density at radius 2 is 0.395 bits per heavy atom. The lowest BCUT2D eigenvalue weighted by Gasteiger charge is -2.33. The van der Waals surface area contributed by atoms with Crippen LogP contribution in [0.2, 0.25) is 0 Å². The van der Waals surface area contributed by atoms with E-state index in [2.05, 4.69) is 0 Å². The quantitative estimate of drug-likeness (QED) is 0.0975. The molecule has 119 heavy (non-hydrogen) atoms. The van der Waals surface area contributed by atoms with Gasteiger partial charge in [0.2, 0.25) is 0 Å². The van der Waals surface area contributed by atoms with Crippen LogP contribution in [0, 0.1) is 0 Å². The first-order valence-electron chi connectivity index (χ1n) is 39.3. The van der Waals surface area contributed by atoms with E-state index in [1.165, 1.54) is 0 Å². The Kier molecular flexibility index (Phi) is 18.6. The van der Waals surface area contributed by atoms with Crippen LogP contribution < -0.4 is 59.0 Å². The molecule has 20 heteroatoms. The molecule has 15 aromatic carbocycles. The van der Waals surface area contributed by atoms with Crippen LogP contribution >= 0.6 is 44.2 Å². The molecular formula is C99H76O14P6. The van der Waals surface area contributed by atoms with Gasteiger partial charge in [-0.1, -0.05) is 281 Å². The molecular weight excluding hydrogens is 1600 g/mol. The molecule has 14 nitrogen and oxygen atoms in total. The second kappa shape index (κ2) is 29.3. The first-order valence-corrected chi connectivity index (χ1v) is 50.1.